The Balaban J connectivity index is 1.60. The molecule has 0 aliphatic carbocycles. The number of carbonyl (C=O) groups is 1. The third kappa shape index (κ3) is 5.67. The van der Waals surface area contributed by atoms with Gasteiger partial charge in [-0.3, -0.25) is 4.79 Å². The third-order valence-corrected chi connectivity index (χ3v) is 5.15. The Morgan fingerprint density at radius 1 is 1.00 bits per heavy atom. The summed E-state index contributed by atoms with van der Waals surface area (Å²) in [6, 6.07) is 8.37. The van der Waals surface area contributed by atoms with Crippen molar-refractivity contribution >= 4 is 23.1 Å². The van der Waals surface area contributed by atoms with Gasteiger partial charge in [-0.1, -0.05) is 13.8 Å². The first-order valence-electron chi connectivity index (χ1n) is 10.5. The molecule has 1 amide bonds. The second-order valence-corrected chi connectivity index (χ2v) is 7.54. The van der Waals surface area contributed by atoms with Crippen LogP contribution in [-0.4, -0.2) is 72.0 Å². The van der Waals surface area contributed by atoms with Crippen LogP contribution in [0, 0.1) is 0 Å². The molecule has 0 unspecified atom stereocenters. The van der Waals surface area contributed by atoms with Gasteiger partial charge in [0.2, 0.25) is 0 Å². The molecular formula is C22H32N6O. The fourth-order valence-corrected chi connectivity index (χ4v) is 3.49. The second kappa shape index (κ2) is 10.2. The summed E-state index contributed by atoms with van der Waals surface area (Å²) in [6.07, 6.45) is 5.05. The summed E-state index contributed by atoms with van der Waals surface area (Å²) in [6.45, 7) is 9.92. The lowest BCUT2D eigenvalue weighted by molar-refractivity contribution is 0.0749. The Morgan fingerprint density at radius 3 is 2.21 bits per heavy atom. The lowest BCUT2D eigenvalue weighted by atomic mass is 10.2. The molecule has 2 heterocycles. The summed E-state index contributed by atoms with van der Waals surface area (Å²) in [5.41, 5.74) is 2.58. The number of hydrogen-bond acceptors (Lipinski definition) is 6. The molecule has 1 saturated heterocycles. The van der Waals surface area contributed by atoms with E-state index in [4.69, 9.17) is 0 Å². The Labute approximate surface area is 173 Å². The van der Waals surface area contributed by atoms with Crippen molar-refractivity contribution in [1.29, 1.82) is 0 Å². The van der Waals surface area contributed by atoms with Crippen LogP contribution in [0.5, 0.6) is 0 Å². The topological polar surface area (TPSA) is 64.6 Å². The molecule has 0 atom stereocenters. The fraction of sp³-hybridized carbons (Fsp3) is 0.500. The second-order valence-electron chi connectivity index (χ2n) is 7.54. The molecule has 1 aromatic heterocycles. The highest BCUT2D eigenvalue weighted by molar-refractivity contribution is 5.92. The smallest absolute Gasteiger partial charge is 0.274 e. The minimum absolute atomic E-state index is 0.0516. The van der Waals surface area contributed by atoms with Crippen molar-refractivity contribution in [1.82, 2.24) is 19.8 Å². The van der Waals surface area contributed by atoms with E-state index in [1.807, 2.05) is 4.90 Å². The van der Waals surface area contributed by atoms with E-state index in [2.05, 4.69) is 70.2 Å². The molecule has 7 nitrogen and oxygen atoms in total. The number of aromatic nitrogens is 2. The van der Waals surface area contributed by atoms with Gasteiger partial charge < -0.3 is 20.0 Å². The minimum atomic E-state index is -0.0516. The molecule has 0 radical (unpaired) electrons. The number of nitrogens with one attached hydrogen (secondary N) is 1. The zero-order valence-electron chi connectivity index (χ0n) is 17.8. The number of anilines is 3. The van der Waals surface area contributed by atoms with Gasteiger partial charge in [0.15, 0.2) is 0 Å². The van der Waals surface area contributed by atoms with E-state index >= 15 is 0 Å². The molecule has 3 rings (SSSR count). The van der Waals surface area contributed by atoms with E-state index in [0.717, 1.165) is 57.8 Å². The van der Waals surface area contributed by atoms with Crippen LogP contribution >= 0.6 is 0 Å². The van der Waals surface area contributed by atoms with Crippen molar-refractivity contribution < 1.29 is 4.79 Å². The largest absolute Gasteiger partial charge is 0.369 e. The molecule has 156 valence electrons. The highest BCUT2D eigenvalue weighted by Gasteiger charge is 2.16. The van der Waals surface area contributed by atoms with Crippen molar-refractivity contribution in [3.8, 4) is 0 Å². The normalized spacial score (nSPS) is 14.7. The lowest BCUT2D eigenvalue weighted by Gasteiger charge is -2.34. The SMILES string of the molecule is CCCN(CCC)C(=O)c1cnc(Nc2ccc(N3CCN(C)CC3)cc2)cn1. The van der Waals surface area contributed by atoms with Crippen LogP contribution in [0.2, 0.25) is 0 Å². The first kappa shape index (κ1) is 21.0. The molecule has 7 heteroatoms. The average molecular weight is 397 g/mol. The number of benzene rings is 1. The van der Waals surface area contributed by atoms with Gasteiger partial charge in [0.25, 0.3) is 5.91 Å². The van der Waals surface area contributed by atoms with Crippen LogP contribution in [0.3, 0.4) is 0 Å². The minimum Gasteiger partial charge on any atom is -0.369 e. The van der Waals surface area contributed by atoms with Crippen LogP contribution in [-0.2, 0) is 0 Å². The predicted molar refractivity (Wildman–Crippen MR) is 118 cm³/mol. The number of hydrogen-bond donors (Lipinski definition) is 1. The van der Waals surface area contributed by atoms with Crippen LogP contribution in [0.15, 0.2) is 36.7 Å². The summed E-state index contributed by atoms with van der Waals surface area (Å²) in [5.74, 6) is 0.579. The van der Waals surface area contributed by atoms with Crippen LogP contribution < -0.4 is 10.2 Å². The molecule has 1 N–H and O–H groups in total. The summed E-state index contributed by atoms with van der Waals surface area (Å²) < 4.78 is 0. The third-order valence-electron chi connectivity index (χ3n) is 5.15. The molecular weight excluding hydrogens is 364 g/mol. The Morgan fingerprint density at radius 2 is 1.66 bits per heavy atom. The molecule has 1 aliphatic heterocycles. The van der Waals surface area contributed by atoms with Gasteiger partial charge in [-0.05, 0) is 44.2 Å². The van der Waals surface area contributed by atoms with Crippen LogP contribution in [0.25, 0.3) is 0 Å². The maximum atomic E-state index is 12.6. The number of likely N-dealkylation sites (N-methyl/N-ethyl adjacent to an activating group) is 1. The summed E-state index contributed by atoms with van der Waals surface area (Å²) >= 11 is 0. The molecule has 1 fully saturated rings. The zero-order chi connectivity index (χ0) is 20.6. The first-order valence-corrected chi connectivity index (χ1v) is 10.5. The van der Waals surface area contributed by atoms with E-state index in [1.165, 1.54) is 5.69 Å². The van der Waals surface area contributed by atoms with Crippen molar-refractivity contribution in [2.75, 3.05) is 56.5 Å². The maximum absolute atomic E-state index is 12.6. The number of nitrogens with zero attached hydrogens (tertiary/aromatic N) is 5. The van der Waals surface area contributed by atoms with Crippen molar-refractivity contribution in [2.45, 2.75) is 26.7 Å². The number of rotatable bonds is 8. The highest BCUT2D eigenvalue weighted by atomic mass is 16.2. The van der Waals surface area contributed by atoms with Gasteiger partial charge >= 0.3 is 0 Å². The fourth-order valence-electron chi connectivity index (χ4n) is 3.49. The number of piperazine rings is 1. The molecule has 0 bridgehead atoms. The zero-order valence-corrected chi connectivity index (χ0v) is 17.8. The van der Waals surface area contributed by atoms with E-state index in [1.54, 1.807) is 12.4 Å². The van der Waals surface area contributed by atoms with Gasteiger partial charge in [-0.15, -0.1) is 0 Å². The standard InChI is InChI=1S/C22H32N6O/c1-4-10-28(11-5-2)22(29)20-16-24-21(17-23-20)25-18-6-8-19(9-7-18)27-14-12-26(3)13-15-27/h6-9,16-17H,4-5,10-15H2,1-3H3,(H,24,25). The Kier molecular flexibility index (Phi) is 7.41. The molecule has 0 spiro atoms. The molecule has 29 heavy (non-hydrogen) atoms. The van der Waals surface area contributed by atoms with Gasteiger partial charge in [0, 0.05) is 50.6 Å². The van der Waals surface area contributed by atoms with Gasteiger partial charge in [0.05, 0.1) is 12.4 Å². The van der Waals surface area contributed by atoms with Crippen molar-refractivity contribution in [2.24, 2.45) is 0 Å². The lowest BCUT2D eigenvalue weighted by Crippen LogP contribution is -2.44. The van der Waals surface area contributed by atoms with Crippen LogP contribution in [0.4, 0.5) is 17.2 Å². The Bertz CT molecular complexity index is 763. The summed E-state index contributed by atoms with van der Waals surface area (Å²) in [4.78, 5) is 27.9. The molecule has 1 aromatic carbocycles. The molecule has 0 saturated carbocycles. The predicted octanol–water partition coefficient (Wildman–Crippen LogP) is 3.23. The quantitative estimate of drug-likeness (QED) is 0.739. The van der Waals surface area contributed by atoms with E-state index < -0.39 is 0 Å². The van der Waals surface area contributed by atoms with E-state index in [9.17, 15) is 4.79 Å². The number of carbonyl (C=O) groups excluding carboxylic acids is 1. The first-order chi connectivity index (χ1) is 14.1. The van der Waals surface area contributed by atoms with E-state index in [-0.39, 0.29) is 5.91 Å². The van der Waals surface area contributed by atoms with Gasteiger partial charge in [-0.2, -0.15) is 0 Å². The van der Waals surface area contributed by atoms with Crippen molar-refractivity contribution in [3.05, 3.63) is 42.4 Å². The average Bonchev–Trinajstić information content (AvgIpc) is 2.75. The molecule has 2 aromatic rings. The molecule has 1 aliphatic rings. The highest BCUT2D eigenvalue weighted by Crippen LogP contribution is 2.21. The van der Waals surface area contributed by atoms with E-state index in [0.29, 0.717) is 11.5 Å². The Hall–Kier alpha value is -2.67. The number of amides is 1. The van der Waals surface area contributed by atoms with Crippen LogP contribution in [0.1, 0.15) is 37.2 Å². The van der Waals surface area contributed by atoms with Crippen molar-refractivity contribution in [3.63, 3.8) is 0 Å². The monoisotopic (exact) mass is 396 g/mol. The maximum Gasteiger partial charge on any atom is 0.274 e. The van der Waals surface area contributed by atoms with Gasteiger partial charge in [-0.25, -0.2) is 9.97 Å². The summed E-state index contributed by atoms with van der Waals surface area (Å²) in [7, 11) is 2.16. The summed E-state index contributed by atoms with van der Waals surface area (Å²) in [5, 5.41) is 3.26. The van der Waals surface area contributed by atoms with Gasteiger partial charge in [0.1, 0.15) is 11.5 Å².